The number of rotatable bonds is 4. The number of hydrogen-bond donors (Lipinski definition) is 1. The van der Waals surface area contributed by atoms with E-state index in [1.54, 1.807) is 0 Å². The number of anilines is 1. The van der Waals surface area contributed by atoms with Gasteiger partial charge >= 0.3 is 0 Å². The topological polar surface area (TPSA) is 33.1 Å². The van der Waals surface area contributed by atoms with Gasteiger partial charge in [-0.05, 0) is 58.7 Å². The third-order valence-electron chi connectivity index (χ3n) is 4.88. The van der Waals surface area contributed by atoms with Crippen molar-refractivity contribution in [3.8, 4) is 0 Å². The molecule has 0 spiro atoms. The second-order valence-electron chi connectivity index (χ2n) is 6.73. The zero-order chi connectivity index (χ0) is 13.9. The number of imidazole rings is 1. The van der Waals surface area contributed by atoms with Crippen molar-refractivity contribution in [3.63, 3.8) is 0 Å². The van der Waals surface area contributed by atoms with Crippen molar-refractivity contribution in [2.45, 2.75) is 58.0 Å². The minimum absolute atomic E-state index is 0.646. The van der Waals surface area contributed by atoms with E-state index in [4.69, 9.17) is 4.98 Å². The molecule has 2 aliphatic rings. The average Bonchev–Trinajstić information content (AvgIpc) is 3.03. The molecule has 1 aliphatic carbocycles. The zero-order valence-electron chi connectivity index (χ0n) is 12.9. The van der Waals surface area contributed by atoms with E-state index in [-0.39, 0.29) is 0 Å². The third kappa shape index (κ3) is 3.35. The smallest absolute Gasteiger partial charge is 0.203 e. The molecule has 3 rings (SSSR count). The lowest BCUT2D eigenvalue weighted by Gasteiger charge is -2.29. The molecule has 0 aromatic carbocycles. The summed E-state index contributed by atoms with van der Waals surface area (Å²) in [5.41, 5.74) is 1.14. The lowest BCUT2D eigenvalue weighted by atomic mass is 9.97. The van der Waals surface area contributed by atoms with Crippen molar-refractivity contribution >= 4 is 5.95 Å². The van der Waals surface area contributed by atoms with Gasteiger partial charge in [0.25, 0.3) is 0 Å². The molecular formula is C16H28N4. The number of nitrogens with zero attached hydrogens (tertiary/aromatic N) is 3. The summed E-state index contributed by atoms with van der Waals surface area (Å²) in [6, 6.07) is 0.646. The van der Waals surface area contributed by atoms with Gasteiger partial charge in [0, 0.05) is 18.8 Å². The molecule has 1 aromatic rings. The number of hydrogen-bond acceptors (Lipinski definition) is 3. The van der Waals surface area contributed by atoms with Crippen LogP contribution in [0.25, 0.3) is 0 Å². The Bertz CT molecular complexity index is 426. The van der Waals surface area contributed by atoms with Gasteiger partial charge in [-0.1, -0.05) is 12.8 Å². The second kappa shape index (κ2) is 6.17. The molecule has 4 heteroatoms. The van der Waals surface area contributed by atoms with Crippen LogP contribution >= 0.6 is 0 Å². The Balaban J connectivity index is 1.63. The van der Waals surface area contributed by atoms with Crippen LogP contribution in [0, 0.1) is 12.8 Å². The highest BCUT2D eigenvalue weighted by atomic mass is 15.2. The highest BCUT2D eigenvalue weighted by Crippen LogP contribution is 2.24. The number of likely N-dealkylation sites (tertiary alicyclic amines) is 1. The van der Waals surface area contributed by atoms with Gasteiger partial charge in [0.15, 0.2) is 0 Å². The molecule has 0 amide bonds. The lowest BCUT2D eigenvalue weighted by Crippen LogP contribution is -2.32. The van der Waals surface area contributed by atoms with Gasteiger partial charge in [0.2, 0.25) is 5.95 Å². The first-order valence-corrected chi connectivity index (χ1v) is 8.19. The van der Waals surface area contributed by atoms with E-state index in [1.165, 1.54) is 51.6 Å². The maximum atomic E-state index is 4.70. The Morgan fingerprint density at radius 2 is 1.90 bits per heavy atom. The number of aryl methyl sites for hydroxylation is 1. The average molecular weight is 276 g/mol. The van der Waals surface area contributed by atoms with Crippen molar-refractivity contribution in [2.75, 3.05) is 25.5 Å². The predicted octanol–water partition coefficient (Wildman–Crippen LogP) is 2.89. The van der Waals surface area contributed by atoms with Crippen LogP contribution < -0.4 is 5.32 Å². The van der Waals surface area contributed by atoms with Crippen LogP contribution in [0.4, 0.5) is 5.95 Å². The van der Waals surface area contributed by atoms with Crippen LogP contribution in [0.5, 0.6) is 0 Å². The molecular weight excluding hydrogens is 248 g/mol. The first-order chi connectivity index (χ1) is 9.70. The van der Waals surface area contributed by atoms with Crippen LogP contribution in [0.3, 0.4) is 0 Å². The summed E-state index contributed by atoms with van der Waals surface area (Å²) < 4.78 is 2.36. The molecule has 0 bridgehead atoms. The Morgan fingerprint density at radius 1 is 1.20 bits per heavy atom. The summed E-state index contributed by atoms with van der Waals surface area (Å²) >= 11 is 0. The highest BCUT2D eigenvalue weighted by molar-refractivity contribution is 5.30. The summed E-state index contributed by atoms with van der Waals surface area (Å²) in [7, 11) is 2.23. The molecule has 1 aliphatic heterocycles. The van der Waals surface area contributed by atoms with Crippen LogP contribution in [0.15, 0.2) is 6.20 Å². The Morgan fingerprint density at radius 3 is 2.60 bits per heavy atom. The van der Waals surface area contributed by atoms with Gasteiger partial charge in [0.05, 0.1) is 5.69 Å². The number of aromatic nitrogens is 2. The maximum Gasteiger partial charge on any atom is 0.203 e. The van der Waals surface area contributed by atoms with Crippen molar-refractivity contribution in [1.29, 1.82) is 0 Å². The van der Waals surface area contributed by atoms with Crippen molar-refractivity contribution in [2.24, 2.45) is 5.92 Å². The van der Waals surface area contributed by atoms with Crippen molar-refractivity contribution < 1.29 is 0 Å². The maximum absolute atomic E-state index is 4.70. The molecule has 2 heterocycles. The summed E-state index contributed by atoms with van der Waals surface area (Å²) in [6.07, 6.45) is 10.2. The summed E-state index contributed by atoms with van der Waals surface area (Å²) in [4.78, 5) is 7.13. The largest absolute Gasteiger partial charge is 0.353 e. The molecule has 1 N–H and O–H groups in total. The molecule has 2 fully saturated rings. The zero-order valence-corrected chi connectivity index (χ0v) is 12.9. The van der Waals surface area contributed by atoms with Crippen LogP contribution in [0.2, 0.25) is 0 Å². The fourth-order valence-corrected chi connectivity index (χ4v) is 3.58. The lowest BCUT2D eigenvalue weighted by molar-refractivity contribution is 0.205. The minimum Gasteiger partial charge on any atom is -0.353 e. The highest BCUT2D eigenvalue weighted by Gasteiger charge is 2.20. The predicted molar refractivity (Wildman–Crippen MR) is 83.1 cm³/mol. The Kier molecular flexibility index (Phi) is 4.29. The van der Waals surface area contributed by atoms with Crippen LogP contribution in [-0.2, 0) is 6.54 Å². The molecule has 0 atom stereocenters. The third-order valence-corrected chi connectivity index (χ3v) is 4.88. The van der Waals surface area contributed by atoms with Crippen LogP contribution in [0.1, 0.15) is 44.2 Å². The van der Waals surface area contributed by atoms with Crippen molar-refractivity contribution in [1.82, 2.24) is 14.5 Å². The number of nitrogens with one attached hydrogen (secondary N) is 1. The summed E-state index contributed by atoms with van der Waals surface area (Å²) in [5, 5.41) is 3.67. The molecule has 1 aromatic heterocycles. The van der Waals surface area contributed by atoms with Gasteiger partial charge in [0.1, 0.15) is 0 Å². The molecule has 1 saturated heterocycles. The van der Waals surface area contributed by atoms with Gasteiger partial charge < -0.3 is 14.8 Å². The van der Waals surface area contributed by atoms with Gasteiger partial charge in [-0.25, -0.2) is 4.98 Å². The van der Waals surface area contributed by atoms with E-state index in [9.17, 15) is 0 Å². The molecule has 20 heavy (non-hydrogen) atoms. The molecule has 112 valence electrons. The normalized spacial score (nSPS) is 22.5. The van der Waals surface area contributed by atoms with Gasteiger partial charge in [-0.2, -0.15) is 0 Å². The van der Waals surface area contributed by atoms with E-state index in [0.717, 1.165) is 24.1 Å². The van der Waals surface area contributed by atoms with E-state index in [0.29, 0.717) is 6.04 Å². The molecule has 0 unspecified atom stereocenters. The van der Waals surface area contributed by atoms with Crippen LogP contribution in [-0.4, -0.2) is 40.6 Å². The van der Waals surface area contributed by atoms with Crippen molar-refractivity contribution in [3.05, 3.63) is 11.9 Å². The fraction of sp³-hybridized carbons (Fsp3) is 0.812. The quantitative estimate of drug-likeness (QED) is 0.918. The molecule has 4 nitrogen and oxygen atoms in total. The van der Waals surface area contributed by atoms with E-state index in [1.807, 2.05) is 0 Å². The SMILES string of the molecule is Cc1cn(CC2CCN(C)CC2)c(NC2CCCC2)n1. The first kappa shape index (κ1) is 13.9. The van der Waals surface area contributed by atoms with E-state index in [2.05, 4.69) is 35.0 Å². The first-order valence-electron chi connectivity index (χ1n) is 8.19. The fourth-order valence-electron chi connectivity index (χ4n) is 3.58. The molecule has 0 radical (unpaired) electrons. The minimum atomic E-state index is 0.646. The molecule has 1 saturated carbocycles. The van der Waals surface area contributed by atoms with Gasteiger partial charge in [-0.15, -0.1) is 0 Å². The Labute approximate surface area is 122 Å². The van der Waals surface area contributed by atoms with E-state index >= 15 is 0 Å². The standard InChI is InChI=1S/C16H28N4/c1-13-11-20(12-14-7-9-19(2)10-8-14)16(17-13)18-15-5-3-4-6-15/h11,14-15H,3-10,12H2,1-2H3,(H,17,18). The van der Waals surface area contributed by atoms with Gasteiger partial charge in [-0.3, -0.25) is 0 Å². The number of piperidine rings is 1. The summed E-state index contributed by atoms with van der Waals surface area (Å²) in [6.45, 7) is 5.71. The van der Waals surface area contributed by atoms with E-state index < -0.39 is 0 Å². The Hall–Kier alpha value is -1.03. The monoisotopic (exact) mass is 276 g/mol. The summed E-state index contributed by atoms with van der Waals surface area (Å²) in [5.74, 6) is 1.91. The second-order valence-corrected chi connectivity index (χ2v) is 6.73.